The summed E-state index contributed by atoms with van der Waals surface area (Å²) in [5.41, 5.74) is 1.96. The van der Waals surface area contributed by atoms with E-state index in [4.69, 9.17) is 19.0 Å². The number of benzene rings is 2. The summed E-state index contributed by atoms with van der Waals surface area (Å²) in [7, 11) is 1.64. The summed E-state index contributed by atoms with van der Waals surface area (Å²) < 4.78 is 16.8. The van der Waals surface area contributed by atoms with Crippen LogP contribution in [0.1, 0.15) is 18.4 Å². The van der Waals surface area contributed by atoms with E-state index in [0.717, 1.165) is 28.5 Å². The zero-order valence-corrected chi connectivity index (χ0v) is 16.3. The zero-order valence-electron chi connectivity index (χ0n) is 16.3. The SMILES string of the molecule is COc1ccc(CC2=NO[C@H](C(=O)NCC[C@H]3COc4ccccc4O3)C2)cc1. The molecule has 1 amide bonds. The summed E-state index contributed by atoms with van der Waals surface area (Å²) in [5.74, 6) is 2.15. The molecule has 2 aromatic rings. The van der Waals surface area contributed by atoms with E-state index in [1.807, 2.05) is 48.5 Å². The van der Waals surface area contributed by atoms with Gasteiger partial charge in [-0.1, -0.05) is 29.4 Å². The van der Waals surface area contributed by atoms with E-state index in [-0.39, 0.29) is 12.0 Å². The molecular weight excluding hydrogens is 372 g/mol. The van der Waals surface area contributed by atoms with Crippen molar-refractivity contribution in [3.63, 3.8) is 0 Å². The van der Waals surface area contributed by atoms with Crippen molar-refractivity contribution in [1.29, 1.82) is 0 Å². The molecule has 0 saturated carbocycles. The molecule has 1 N–H and O–H groups in total. The first kappa shape index (κ1) is 19.1. The molecule has 2 atom stereocenters. The molecule has 2 aromatic carbocycles. The summed E-state index contributed by atoms with van der Waals surface area (Å²) in [6, 6.07) is 15.4. The Bertz CT molecular complexity index is 881. The maximum atomic E-state index is 12.4. The van der Waals surface area contributed by atoms with Crippen LogP contribution in [-0.2, 0) is 16.1 Å². The second kappa shape index (κ2) is 8.86. The van der Waals surface area contributed by atoms with Gasteiger partial charge < -0.3 is 24.4 Å². The summed E-state index contributed by atoms with van der Waals surface area (Å²) >= 11 is 0. The maximum Gasteiger partial charge on any atom is 0.264 e. The van der Waals surface area contributed by atoms with Crippen LogP contribution >= 0.6 is 0 Å². The first-order chi connectivity index (χ1) is 14.2. The van der Waals surface area contributed by atoms with Crippen LogP contribution in [-0.4, -0.2) is 44.1 Å². The molecular formula is C22H24N2O5. The van der Waals surface area contributed by atoms with Crippen molar-refractivity contribution in [2.45, 2.75) is 31.5 Å². The van der Waals surface area contributed by atoms with Gasteiger partial charge in [-0.3, -0.25) is 4.79 Å². The fourth-order valence-electron chi connectivity index (χ4n) is 3.33. The van der Waals surface area contributed by atoms with Crippen molar-refractivity contribution in [3.05, 3.63) is 54.1 Å². The highest BCUT2D eigenvalue weighted by molar-refractivity contribution is 5.93. The first-order valence-electron chi connectivity index (χ1n) is 9.72. The third-order valence-corrected chi connectivity index (χ3v) is 4.92. The molecule has 152 valence electrons. The van der Waals surface area contributed by atoms with Crippen LogP contribution in [0.3, 0.4) is 0 Å². The van der Waals surface area contributed by atoms with Crippen molar-refractivity contribution in [3.8, 4) is 17.2 Å². The smallest absolute Gasteiger partial charge is 0.264 e. The van der Waals surface area contributed by atoms with Crippen LogP contribution < -0.4 is 19.5 Å². The van der Waals surface area contributed by atoms with Gasteiger partial charge >= 0.3 is 0 Å². The third kappa shape index (κ3) is 4.80. The van der Waals surface area contributed by atoms with Crippen LogP contribution in [0.2, 0.25) is 0 Å². The van der Waals surface area contributed by atoms with Gasteiger partial charge in [-0.25, -0.2) is 0 Å². The van der Waals surface area contributed by atoms with E-state index in [1.165, 1.54) is 0 Å². The Labute approximate surface area is 169 Å². The monoisotopic (exact) mass is 396 g/mol. The number of rotatable bonds is 7. The Morgan fingerprint density at radius 2 is 1.97 bits per heavy atom. The van der Waals surface area contributed by atoms with E-state index < -0.39 is 6.10 Å². The lowest BCUT2D eigenvalue weighted by molar-refractivity contribution is -0.131. The third-order valence-electron chi connectivity index (χ3n) is 4.92. The van der Waals surface area contributed by atoms with Gasteiger partial charge in [-0.15, -0.1) is 0 Å². The Kier molecular flexibility index (Phi) is 5.84. The van der Waals surface area contributed by atoms with E-state index in [2.05, 4.69) is 10.5 Å². The second-order valence-corrected chi connectivity index (χ2v) is 7.06. The average Bonchev–Trinajstić information content (AvgIpc) is 3.23. The van der Waals surface area contributed by atoms with Crippen molar-refractivity contribution in [2.75, 3.05) is 20.3 Å². The normalized spacial score (nSPS) is 19.8. The number of methoxy groups -OCH3 is 1. The van der Waals surface area contributed by atoms with E-state index in [1.54, 1.807) is 7.11 Å². The predicted molar refractivity (Wildman–Crippen MR) is 108 cm³/mol. The molecule has 4 rings (SSSR count). The summed E-state index contributed by atoms with van der Waals surface area (Å²) in [6.07, 6.45) is 1.14. The molecule has 2 heterocycles. The minimum absolute atomic E-state index is 0.0865. The number of carbonyl (C=O) groups excluding carboxylic acids is 1. The van der Waals surface area contributed by atoms with Crippen LogP contribution in [0.5, 0.6) is 17.2 Å². The highest BCUT2D eigenvalue weighted by atomic mass is 16.6. The van der Waals surface area contributed by atoms with Gasteiger partial charge in [0.1, 0.15) is 18.5 Å². The molecule has 0 saturated heterocycles. The Hall–Kier alpha value is -3.22. The number of carbonyl (C=O) groups is 1. The summed E-state index contributed by atoms with van der Waals surface area (Å²) in [5, 5.41) is 6.98. The topological polar surface area (TPSA) is 78.4 Å². The van der Waals surface area contributed by atoms with Gasteiger partial charge in [0.2, 0.25) is 6.10 Å². The van der Waals surface area contributed by atoms with E-state index in [0.29, 0.717) is 32.4 Å². The van der Waals surface area contributed by atoms with Gasteiger partial charge in [0.25, 0.3) is 5.91 Å². The van der Waals surface area contributed by atoms with E-state index >= 15 is 0 Å². The molecule has 0 aromatic heterocycles. The number of nitrogens with zero attached hydrogens (tertiary/aromatic N) is 1. The fraction of sp³-hybridized carbons (Fsp3) is 0.364. The average molecular weight is 396 g/mol. The lowest BCUT2D eigenvalue weighted by Crippen LogP contribution is -2.38. The Morgan fingerprint density at radius 1 is 1.17 bits per heavy atom. The fourth-order valence-corrected chi connectivity index (χ4v) is 3.33. The number of oxime groups is 1. The summed E-state index contributed by atoms with van der Waals surface area (Å²) in [6.45, 7) is 0.963. The van der Waals surface area contributed by atoms with Crippen molar-refractivity contribution in [1.82, 2.24) is 5.32 Å². The quantitative estimate of drug-likeness (QED) is 0.779. The van der Waals surface area contributed by atoms with E-state index in [9.17, 15) is 4.79 Å². The number of hydrogen-bond donors (Lipinski definition) is 1. The molecule has 7 heteroatoms. The number of fused-ring (bicyclic) bond motifs is 1. The molecule has 29 heavy (non-hydrogen) atoms. The Balaban J connectivity index is 1.18. The molecule has 7 nitrogen and oxygen atoms in total. The highest BCUT2D eigenvalue weighted by Gasteiger charge is 2.28. The number of hydrogen-bond acceptors (Lipinski definition) is 6. The number of amides is 1. The molecule has 0 bridgehead atoms. The number of para-hydroxylation sites is 2. The van der Waals surface area contributed by atoms with Gasteiger partial charge in [-0.2, -0.15) is 0 Å². The molecule has 2 aliphatic rings. The highest BCUT2D eigenvalue weighted by Crippen LogP contribution is 2.31. The molecule has 2 aliphatic heterocycles. The Morgan fingerprint density at radius 3 is 2.76 bits per heavy atom. The standard InChI is InChI=1S/C22H24N2O5/c1-26-17-8-6-15(7-9-17)12-16-13-21(29-24-16)22(25)23-11-10-18-14-27-19-4-2-3-5-20(19)28-18/h2-9,18,21H,10-14H2,1H3,(H,23,25)/t18-,21-/m0/s1. The zero-order chi connectivity index (χ0) is 20.1. The van der Waals surface area contributed by atoms with Crippen LogP contribution in [0.4, 0.5) is 0 Å². The van der Waals surface area contributed by atoms with Gasteiger partial charge in [-0.05, 0) is 29.8 Å². The lowest BCUT2D eigenvalue weighted by Gasteiger charge is -2.26. The minimum Gasteiger partial charge on any atom is -0.497 e. The predicted octanol–water partition coefficient (Wildman–Crippen LogP) is 2.73. The molecule has 0 spiro atoms. The first-order valence-corrected chi connectivity index (χ1v) is 9.72. The maximum absolute atomic E-state index is 12.4. The minimum atomic E-state index is -0.576. The lowest BCUT2D eigenvalue weighted by atomic mass is 10.0. The molecule has 0 fully saturated rings. The van der Waals surface area contributed by atoms with Gasteiger partial charge in [0.05, 0.1) is 12.8 Å². The summed E-state index contributed by atoms with van der Waals surface area (Å²) in [4.78, 5) is 17.7. The molecule has 0 aliphatic carbocycles. The second-order valence-electron chi connectivity index (χ2n) is 7.06. The van der Waals surface area contributed by atoms with Crippen LogP contribution in [0.25, 0.3) is 0 Å². The van der Waals surface area contributed by atoms with Crippen LogP contribution in [0.15, 0.2) is 53.7 Å². The van der Waals surface area contributed by atoms with Crippen LogP contribution in [0, 0.1) is 0 Å². The van der Waals surface area contributed by atoms with Crippen molar-refractivity contribution >= 4 is 11.6 Å². The number of nitrogens with one attached hydrogen (secondary N) is 1. The molecule has 0 unspecified atom stereocenters. The van der Waals surface area contributed by atoms with Crippen molar-refractivity contribution in [2.24, 2.45) is 5.16 Å². The van der Waals surface area contributed by atoms with Crippen molar-refractivity contribution < 1.29 is 23.8 Å². The largest absolute Gasteiger partial charge is 0.497 e. The number of ether oxygens (including phenoxy) is 3. The van der Waals surface area contributed by atoms with Gasteiger partial charge in [0, 0.05) is 25.8 Å². The van der Waals surface area contributed by atoms with Gasteiger partial charge in [0.15, 0.2) is 11.5 Å². The molecule has 0 radical (unpaired) electrons.